The first-order valence-corrected chi connectivity index (χ1v) is 7.98. The molecule has 0 aliphatic carbocycles. The van der Waals surface area contributed by atoms with E-state index >= 15 is 0 Å². The van der Waals surface area contributed by atoms with E-state index in [-0.39, 0.29) is 17.8 Å². The Labute approximate surface area is 141 Å². The number of morpholine rings is 1. The van der Waals surface area contributed by atoms with Gasteiger partial charge in [0.2, 0.25) is 0 Å². The first-order valence-electron chi connectivity index (χ1n) is 7.98. The number of halogens is 1. The van der Waals surface area contributed by atoms with Crippen molar-refractivity contribution in [1.29, 1.82) is 0 Å². The van der Waals surface area contributed by atoms with Crippen LogP contribution >= 0.6 is 0 Å². The second kappa shape index (κ2) is 7.01. The van der Waals surface area contributed by atoms with Crippen molar-refractivity contribution in [3.8, 4) is 0 Å². The molecule has 0 saturated carbocycles. The fourth-order valence-corrected chi connectivity index (χ4v) is 2.84. The van der Waals surface area contributed by atoms with Crippen LogP contribution in [0.4, 0.5) is 10.1 Å². The Kier molecular flexibility index (Phi) is 4.81. The monoisotopic (exact) mass is 328 g/mol. The number of carbonyl (C=O) groups excluding carboxylic acids is 1. The first-order chi connectivity index (χ1) is 11.5. The minimum atomic E-state index is -0.296. The van der Waals surface area contributed by atoms with Gasteiger partial charge in [-0.25, -0.2) is 4.39 Å². The molecule has 0 radical (unpaired) electrons. The van der Waals surface area contributed by atoms with E-state index in [9.17, 15) is 9.18 Å². The molecule has 4 nitrogen and oxygen atoms in total. The first kappa shape index (κ1) is 16.5. The second-order valence-corrected chi connectivity index (χ2v) is 6.11. The molecule has 1 aliphatic heterocycles. The van der Waals surface area contributed by atoms with Crippen LogP contribution in [-0.4, -0.2) is 44.6 Å². The molecule has 2 aromatic carbocycles. The molecule has 1 atom stereocenters. The van der Waals surface area contributed by atoms with Crippen LogP contribution in [0.25, 0.3) is 0 Å². The Morgan fingerprint density at radius 3 is 2.75 bits per heavy atom. The maximum Gasteiger partial charge on any atom is 0.254 e. The Bertz CT molecular complexity index is 733. The lowest BCUT2D eigenvalue weighted by atomic mass is 10.1. The van der Waals surface area contributed by atoms with Gasteiger partial charge in [-0.2, -0.15) is 0 Å². The standard InChI is InChI=1S/C19H21FN2O2/c1-21(2)17-8-4-6-15(12-17)19(23)22-9-10-24-18(13-22)14-5-3-7-16(20)11-14/h3-8,11-12,18H,9-10,13H2,1-2H3/t18-/m1/s1. The summed E-state index contributed by atoms with van der Waals surface area (Å²) >= 11 is 0. The van der Waals surface area contributed by atoms with E-state index in [0.29, 0.717) is 25.3 Å². The fraction of sp³-hybridized carbons (Fsp3) is 0.316. The number of nitrogens with zero attached hydrogens (tertiary/aromatic N) is 2. The topological polar surface area (TPSA) is 32.8 Å². The van der Waals surface area contributed by atoms with Crippen molar-refractivity contribution in [3.63, 3.8) is 0 Å². The molecule has 2 aromatic rings. The number of benzene rings is 2. The summed E-state index contributed by atoms with van der Waals surface area (Å²) in [5, 5.41) is 0. The fourth-order valence-electron chi connectivity index (χ4n) is 2.84. The van der Waals surface area contributed by atoms with Crippen LogP contribution in [0.5, 0.6) is 0 Å². The van der Waals surface area contributed by atoms with Crippen LogP contribution < -0.4 is 4.90 Å². The maximum absolute atomic E-state index is 13.4. The lowest BCUT2D eigenvalue weighted by Crippen LogP contribution is -2.42. The highest BCUT2D eigenvalue weighted by Gasteiger charge is 2.26. The normalized spacial score (nSPS) is 17.6. The van der Waals surface area contributed by atoms with E-state index in [1.807, 2.05) is 49.3 Å². The Morgan fingerprint density at radius 1 is 1.21 bits per heavy atom. The summed E-state index contributed by atoms with van der Waals surface area (Å²) in [6.45, 7) is 1.41. The largest absolute Gasteiger partial charge is 0.378 e. The maximum atomic E-state index is 13.4. The van der Waals surface area contributed by atoms with E-state index in [0.717, 1.165) is 11.3 Å². The summed E-state index contributed by atoms with van der Waals surface area (Å²) in [6, 6.07) is 13.9. The van der Waals surface area contributed by atoms with Crippen LogP contribution in [0.15, 0.2) is 48.5 Å². The average Bonchev–Trinajstić information content (AvgIpc) is 2.61. The van der Waals surface area contributed by atoms with Crippen LogP contribution in [-0.2, 0) is 4.74 Å². The quantitative estimate of drug-likeness (QED) is 0.868. The Hall–Kier alpha value is -2.40. The van der Waals surface area contributed by atoms with Crippen molar-refractivity contribution in [1.82, 2.24) is 4.90 Å². The number of amides is 1. The third kappa shape index (κ3) is 3.57. The molecule has 1 aliphatic rings. The molecule has 1 saturated heterocycles. The number of carbonyl (C=O) groups is 1. The van der Waals surface area contributed by atoms with Gasteiger partial charge in [0.25, 0.3) is 5.91 Å². The zero-order chi connectivity index (χ0) is 17.1. The SMILES string of the molecule is CN(C)c1cccc(C(=O)N2CCO[C@@H](c3cccc(F)c3)C2)c1. The minimum absolute atomic E-state index is 0.0246. The van der Waals surface area contributed by atoms with Crippen molar-refractivity contribution in [2.45, 2.75) is 6.10 Å². The lowest BCUT2D eigenvalue weighted by molar-refractivity contribution is -0.0229. The van der Waals surface area contributed by atoms with E-state index in [4.69, 9.17) is 4.74 Å². The summed E-state index contributed by atoms with van der Waals surface area (Å²) < 4.78 is 19.2. The Balaban J connectivity index is 1.77. The summed E-state index contributed by atoms with van der Waals surface area (Å²) in [5.41, 5.74) is 2.39. The highest BCUT2D eigenvalue weighted by Crippen LogP contribution is 2.24. The molecule has 1 heterocycles. The van der Waals surface area contributed by atoms with E-state index < -0.39 is 0 Å². The molecule has 3 rings (SSSR count). The second-order valence-electron chi connectivity index (χ2n) is 6.11. The molecular formula is C19H21FN2O2. The molecular weight excluding hydrogens is 307 g/mol. The van der Waals surface area contributed by atoms with Crippen LogP contribution in [0.3, 0.4) is 0 Å². The van der Waals surface area contributed by atoms with E-state index in [1.165, 1.54) is 12.1 Å². The molecule has 0 N–H and O–H groups in total. The number of hydrogen-bond donors (Lipinski definition) is 0. The number of hydrogen-bond acceptors (Lipinski definition) is 3. The van der Waals surface area contributed by atoms with Gasteiger partial charge in [0.15, 0.2) is 0 Å². The molecule has 0 aromatic heterocycles. The van der Waals surface area contributed by atoms with Gasteiger partial charge < -0.3 is 14.5 Å². The highest BCUT2D eigenvalue weighted by molar-refractivity contribution is 5.95. The van der Waals surface area contributed by atoms with Gasteiger partial charge in [0.05, 0.1) is 13.2 Å². The van der Waals surface area contributed by atoms with Crippen molar-refractivity contribution in [3.05, 3.63) is 65.5 Å². The van der Waals surface area contributed by atoms with Crippen molar-refractivity contribution < 1.29 is 13.9 Å². The number of anilines is 1. The zero-order valence-electron chi connectivity index (χ0n) is 13.9. The third-order valence-corrected chi connectivity index (χ3v) is 4.18. The van der Waals surface area contributed by atoms with Crippen molar-refractivity contribution >= 4 is 11.6 Å². The van der Waals surface area contributed by atoms with Gasteiger partial charge in [0.1, 0.15) is 11.9 Å². The predicted octanol–water partition coefficient (Wildman–Crippen LogP) is 3.11. The summed E-state index contributed by atoms with van der Waals surface area (Å²) in [6.07, 6.45) is -0.296. The molecule has 1 fully saturated rings. The van der Waals surface area contributed by atoms with Gasteiger partial charge in [0, 0.05) is 31.9 Å². The van der Waals surface area contributed by atoms with E-state index in [2.05, 4.69) is 0 Å². The smallest absolute Gasteiger partial charge is 0.254 e. The average molecular weight is 328 g/mol. The zero-order valence-corrected chi connectivity index (χ0v) is 13.9. The lowest BCUT2D eigenvalue weighted by Gasteiger charge is -2.33. The molecule has 5 heteroatoms. The summed E-state index contributed by atoms with van der Waals surface area (Å²) in [7, 11) is 3.89. The van der Waals surface area contributed by atoms with Crippen molar-refractivity contribution in [2.24, 2.45) is 0 Å². The molecule has 0 unspecified atom stereocenters. The van der Waals surface area contributed by atoms with Gasteiger partial charge in [-0.1, -0.05) is 18.2 Å². The van der Waals surface area contributed by atoms with Crippen molar-refractivity contribution in [2.75, 3.05) is 38.7 Å². The van der Waals surface area contributed by atoms with Crippen LogP contribution in [0, 0.1) is 5.82 Å². The third-order valence-electron chi connectivity index (χ3n) is 4.18. The van der Waals surface area contributed by atoms with E-state index in [1.54, 1.807) is 11.0 Å². The molecule has 1 amide bonds. The van der Waals surface area contributed by atoms with Gasteiger partial charge >= 0.3 is 0 Å². The number of rotatable bonds is 3. The highest BCUT2D eigenvalue weighted by atomic mass is 19.1. The van der Waals surface area contributed by atoms with Gasteiger partial charge in [-0.05, 0) is 35.9 Å². The molecule has 24 heavy (non-hydrogen) atoms. The van der Waals surface area contributed by atoms with Gasteiger partial charge in [-0.15, -0.1) is 0 Å². The Morgan fingerprint density at radius 2 is 2.00 bits per heavy atom. The van der Waals surface area contributed by atoms with Gasteiger partial charge in [-0.3, -0.25) is 4.79 Å². The van der Waals surface area contributed by atoms with Crippen LogP contribution in [0.2, 0.25) is 0 Å². The molecule has 0 spiro atoms. The number of ether oxygens (including phenoxy) is 1. The summed E-state index contributed by atoms with van der Waals surface area (Å²) in [5.74, 6) is -0.318. The molecule has 0 bridgehead atoms. The minimum Gasteiger partial charge on any atom is -0.378 e. The summed E-state index contributed by atoms with van der Waals surface area (Å²) in [4.78, 5) is 16.5. The molecule has 126 valence electrons. The van der Waals surface area contributed by atoms with Crippen LogP contribution in [0.1, 0.15) is 22.0 Å². The predicted molar refractivity (Wildman–Crippen MR) is 91.8 cm³/mol.